The molecular formula is C23H26ClN3O3. The minimum absolute atomic E-state index is 0.0299. The van der Waals surface area contributed by atoms with Gasteiger partial charge in [-0.25, -0.2) is 0 Å². The molecule has 6 nitrogen and oxygen atoms in total. The van der Waals surface area contributed by atoms with E-state index in [0.29, 0.717) is 36.9 Å². The lowest BCUT2D eigenvalue weighted by Crippen LogP contribution is -2.43. The average Bonchev–Trinajstić information content (AvgIpc) is 3.19. The first-order valence-electron chi connectivity index (χ1n) is 10.3. The molecule has 2 aromatic carbocycles. The Morgan fingerprint density at radius 2 is 1.83 bits per heavy atom. The Morgan fingerprint density at radius 3 is 2.53 bits per heavy atom. The summed E-state index contributed by atoms with van der Waals surface area (Å²) in [4.78, 5) is 28.7. The van der Waals surface area contributed by atoms with E-state index in [9.17, 15) is 9.59 Å². The number of rotatable bonds is 5. The predicted octanol–water partition coefficient (Wildman–Crippen LogP) is 3.05. The lowest BCUT2D eigenvalue weighted by Gasteiger charge is -2.35. The molecule has 2 aliphatic heterocycles. The van der Waals surface area contributed by atoms with Gasteiger partial charge in [0.25, 0.3) is 5.91 Å². The number of anilines is 1. The summed E-state index contributed by atoms with van der Waals surface area (Å²) >= 11 is 6.06. The van der Waals surface area contributed by atoms with Crippen molar-refractivity contribution < 1.29 is 14.3 Å². The number of fused-ring (bicyclic) bond motifs is 1. The summed E-state index contributed by atoms with van der Waals surface area (Å²) in [7, 11) is 0. The fourth-order valence-corrected chi connectivity index (χ4v) is 4.32. The van der Waals surface area contributed by atoms with Crippen LogP contribution in [0.5, 0.6) is 0 Å². The summed E-state index contributed by atoms with van der Waals surface area (Å²) in [6.07, 6.45) is 0.775. The lowest BCUT2D eigenvalue weighted by molar-refractivity contribution is -0.116. The number of carbonyl (C=O) groups is 2. The van der Waals surface area contributed by atoms with Gasteiger partial charge in [-0.15, -0.1) is 0 Å². The summed E-state index contributed by atoms with van der Waals surface area (Å²) in [6.45, 7) is 5.76. The number of benzene rings is 2. The van der Waals surface area contributed by atoms with Crippen LogP contribution in [-0.2, 0) is 16.0 Å². The highest BCUT2D eigenvalue weighted by Gasteiger charge is 2.25. The third-order valence-corrected chi connectivity index (χ3v) is 6.07. The molecule has 2 aromatic rings. The van der Waals surface area contributed by atoms with Crippen molar-refractivity contribution in [3.63, 3.8) is 0 Å². The van der Waals surface area contributed by atoms with Crippen LogP contribution in [0.4, 0.5) is 5.69 Å². The summed E-state index contributed by atoms with van der Waals surface area (Å²) < 4.78 is 5.49. The van der Waals surface area contributed by atoms with Crippen LogP contribution in [0.15, 0.2) is 42.5 Å². The Morgan fingerprint density at radius 1 is 1.10 bits per heavy atom. The van der Waals surface area contributed by atoms with Crippen molar-refractivity contribution in [2.24, 2.45) is 0 Å². The van der Waals surface area contributed by atoms with E-state index in [2.05, 4.69) is 10.2 Å². The minimum atomic E-state index is -0.105. The van der Waals surface area contributed by atoms with E-state index in [1.54, 1.807) is 17.9 Å². The summed E-state index contributed by atoms with van der Waals surface area (Å²) in [5.74, 6) is -0.0754. The number of morpholine rings is 1. The molecule has 4 rings (SSSR count). The van der Waals surface area contributed by atoms with Crippen LogP contribution in [0, 0.1) is 0 Å². The van der Waals surface area contributed by atoms with E-state index < -0.39 is 0 Å². The maximum absolute atomic E-state index is 12.9. The van der Waals surface area contributed by atoms with Crippen LogP contribution in [-0.4, -0.2) is 56.1 Å². The topological polar surface area (TPSA) is 61.9 Å². The van der Waals surface area contributed by atoms with E-state index in [0.717, 1.165) is 36.3 Å². The molecule has 0 radical (unpaired) electrons. The number of halogens is 1. The van der Waals surface area contributed by atoms with Crippen LogP contribution in [0.2, 0.25) is 5.02 Å². The van der Waals surface area contributed by atoms with Crippen molar-refractivity contribution in [2.45, 2.75) is 19.4 Å². The average molecular weight is 428 g/mol. The molecule has 30 heavy (non-hydrogen) atoms. The van der Waals surface area contributed by atoms with Gasteiger partial charge in [-0.3, -0.25) is 14.5 Å². The molecule has 0 bridgehead atoms. The fraction of sp³-hybridized carbons (Fsp3) is 0.391. The van der Waals surface area contributed by atoms with Gasteiger partial charge in [0.05, 0.1) is 19.3 Å². The standard InChI is InChI=1S/C23H26ClN3O3/c1-16(28)27-9-8-18-14-19(4-7-21(18)27)23(29)25-15-22(26-10-12-30-13-11-26)17-2-5-20(24)6-3-17/h2-7,14,22H,8-13,15H2,1H3,(H,25,29)/t22-/m1/s1. The fourth-order valence-electron chi connectivity index (χ4n) is 4.19. The zero-order valence-corrected chi connectivity index (χ0v) is 17.8. The van der Waals surface area contributed by atoms with Gasteiger partial charge in [0.15, 0.2) is 0 Å². The molecule has 0 unspecified atom stereocenters. The lowest BCUT2D eigenvalue weighted by atomic mass is 10.0. The van der Waals surface area contributed by atoms with E-state index in [-0.39, 0.29) is 17.9 Å². The molecule has 158 valence electrons. The highest BCUT2D eigenvalue weighted by Crippen LogP contribution is 2.29. The second-order valence-corrected chi connectivity index (χ2v) is 8.13. The monoisotopic (exact) mass is 427 g/mol. The predicted molar refractivity (Wildman–Crippen MR) is 117 cm³/mol. The number of carbonyl (C=O) groups excluding carboxylic acids is 2. The molecule has 2 aliphatic rings. The normalized spacial score (nSPS) is 17.5. The van der Waals surface area contributed by atoms with Gasteiger partial charge in [0.2, 0.25) is 5.91 Å². The maximum Gasteiger partial charge on any atom is 0.251 e. The molecule has 2 amide bonds. The quantitative estimate of drug-likeness (QED) is 0.796. The van der Waals surface area contributed by atoms with Gasteiger partial charge in [-0.1, -0.05) is 23.7 Å². The Bertz CT molecular complexity index is 926. The molecule has 1 N–H and O–H groups in total. The molecule has 2 heterocycles. The van der Waals surface area contributed by atoms with Crippen molar-refractivity contribution in [1.29, 1.82) is 0 Å². The van der Waals surface area contributed by atoms with Gasteiger partial charge in [-0.2, -0.15) is 0 Å². The minimum Gasteiger partial charge on any atom is -0.379 e. The SMILES string of the molecule is CC(=O)N1CCc2cc(C(=O)NC[C@H](c3ccc(Cl)cc3)N3CCOCC3)ccc21. The molecule has 0 spiro atoms. The summed E-state index contributed by atoms with van der Waals surface area (Å²) in [6, 6.07) is 13.4. The number of hydrogen-bond donors (Lipinski definition) is 1. The molecule has 1 saturated heterocycles. The van der Waals surface area contributed by atoms with Gasteiger partial charge < -0.3 is 15.0 Å². The summed E-state index contributed by atoms with van der Waals surface area (Å²) in [5.41, 5.74) is 3.69. The van der Waals surface area contributed by atoms with Gasteiger partial charge in [-0.05, 0) is 47.9 Å². The van der Waals surface area contributed by atoms with E-state index in [1.165, 1.54) is 0 Å². The van der Waals surface area contributed by atoms with Crippen LogP contribution in [0.3, 0.4) is 0 Å². The Kier molecular flexibility index (Phi) is 6.37. The number of hydrogen-bond acceptors (Lipinski definition) is 4. The molecule has 0 saturated carbocycles. The largest absolute Gasteiger partial charge is 0.379 e. The second kappa shape index (κ2) is 9.16. The number of amides is 2. The first kappa shape index (κ1) is 20.8. The molecule has 0 aliphatic carbocycles. The van der Waals surface area contributed by atoms with Crippen molar-refractivity contribution in [3.05, 3.63) is 64.2 Å². The third-order valence-electron chi connectivity index (χ3n) is 5.81. The van der Waals surface area contributed by atoms with E-state index in [4.69, 9.17) is 16.3 Å². The smallest absolute Gasteiger partial charge is 0.251 e. The molecule has 7 heteroatoms. The van der Waals surface area contributed by atoms with Crippen LogP contribution in [0.25, 0.3) is 0 Å². The molecule has 1 fully saturated rings. The van der Waals surface area contributed by atoms with Gasteiger partial charge >= 0.3 is 0 Å². The van der Waals surface area contributed by atoms with Crippen molar-refractivity contribution >= 4 is 29.1 Å². The summed E-state index contributed by atoms with van der Waals surface area (Å²) in [5, 5.41) is 3.80. The first-order chi connectivity index (χ1) is 14.5. The maximum atomic E-state index is 12.9. The number of nitrogens with one attached hydrogen (secondary N) is 1. The molecule has 1 atom stereocenters. The second-order valence-electron chi connectivity index (χ2n) is 7.69. The van der Waals surface area contributed by atoms with E-state index >= 15 is 0 Å². The van der Waals surface area contributed by atoms with Gasteiger partial charge in [0, 0.05) is 49.4 Å². The first-order valence-corrected chi connectivity index (χ1v) is 10.7. The Balaban J connectivity index is 1.47. The number of nitrogens with zero attached hydrogens (tertiary/aromatic N) is 2. The molecular weight excluding hydrogens is 402 g/mol. The highest BCUT2D eigenvalue weighted by molar-refractivity contribution is 6.30. The number of ether oxygens (including phenoxy) is 1. The third kappa shape index (κ3) is 4.51. The van der Waals surface area contributed by atoms with Crippen LogP contribution >= 0.6 is 11.6 Å². The van der Waals surface area contributed by atoms with E-state index in [1.807, 2.05) is 36.4 Å². The zero-order valence-electron chi connectivity index (χ0n) is 17.1. The molecule has 0 aromatic heterocycles. The Hall–Kier alpha value is -2.41. The van der Waals surface area contributed by atoms with Crippen molar-refractivity contribution in [1.82, 2.24) is 10.2 Å². The van der Waals surface area contributed by atoms with Crippen molar-refractivity contribution in [2.75, 3.05) is 44.3 Å². The van der Waals surface area contributed by atoms with Gasteiger partial charge in [0.1, 0.15) is 0 Å². The van der Waals surface area contributed by atoms with Crippen LogP contribution in [0.1, 0.15) is 34.5 Å². The van der Waals surface area contributed by atoms with Crippen molar-refractivity contribution in [3.8, 4) is 0 Å². The van der Waals surface area contributed by atoms with Crippen LogP contribution < -0.4 is 10.2 Å². The Labute approximate surface area is 181 Å². The highest BCUT2D eigenvalue weighted by atomic mass is 35.5. The zero-order chi connectivity index (χ0) is 21.1.